The maximum atomic E-state index is 12.2. The van der Waals surface area contributed by atoms with Gasteiger partial charge in [-0.3, -0.25) is 0 Å². The van der Waals surface area contributed by atoms with E-state index in [-0.39, 0.29) is 11.5 Å². The SMILES string of the molecule is COc1cccc(C2(CC#N)CCN(C(=O)OC(C)(C)C)CC2)c1. The highest BCUT2D eigenvalue weighted by Crippen LogP contribution is 2.39. The van der Waals surface area contributed by atoms with Gasteiger partial charge in [-0.05, 0) is 51.3 Å². The second-order valence-corrected chi connectivity index (χ2v) is 7.31. The van der Waals surface area contributed by atoms with Gasteiger partial charge in [0.05, 0.1) is 13.2 Å². The van der Waals surface area contributed by atoms with Gasteiger partial charge in [0.25, 0.3) is 0 Å². The molecule has 0 N–H and O–H groups in total. The molecule has 0 saturated carbocycles. The number of rotatable bonds is 3. The number of carbonyl (C=O) groups excluding carboxylic acids is 1. The third kappa shape index (κ3) is 4.19. The van der Waals surface area contributed by atoms with Crippen LogP contribution in [0.1, 0.15) is 45.6 Å². The Kier molecular flexibility index (Phi) is 5.38. The molecule has 130 valence electrons. The number of methoxy groups -OCH3 is 1. The summed E-state index contributed by atoms with van der Waals surface area (Å²) in [4.78, 5) is 14.0. The maximum absolute atomic E-state index is 12.2. The van der Waals surface area contributed by atoms with Gasteiger partial charge in [0.1, 0.15) is 11.4 Å². The third-order valence-corrected chi connectivity index (χ3v) is 4.47. The molecule has 0 radical (unpaired) electrons. The second-order valence-electron chi connectivity index (χ2n) is 7.31. The van der Waals surface area contributed by atoms with Gasteiger partial charge >= 0.3 is 6.09 Å². The Bertz CT molecular complexity index is 620. The van der Waals surface area contributed by atoms with E-state index < -0.39 is 5.60 Å². The summed E-state index contributed by atoms with van der Waals surface area (Å²) in [7, 11) is 1.64. The van der Waals surface area contributed by atoms with Crippen molar-refractivity contribution in [3.05, 3.63) is 29.8 Å². The highest BCUT2D eigenvalue weighted by molar-refractivity contribution is 5.68. The first kappa shape index (κ1) is 18.1. The fraction of sp³-hybridized carbons (Fsp3) is 0.579. The normalized spacial score (nSPS) is 17.0. The topological polar surface area (TPSA) is 62.6 Å². The quantitative estimate of drug-likeness (QED) is 0.844. The van der Waals surface area contributed by atoms with Crippen molar-refractivity contribution in [1.82, 2.24) is 4.90 Å². The molecule has 5 heteroatoms. The number of benzene rings is 1. The van der Waals surface area contributed by atoms with Crippen LogP contribution in [-0.4, -0.2) is 36.8 Å². The lowest BCUT2D eigenvalue weighted by atomic mass is 9.71. The zero-order valence-electron chi connectivity index (χ0n) is 15.0. The first-order chi connectivity index (χ1) is 11.3. The number of amides is 1. The van der Waals surface area contributed by atoms with Crippen LogP contribution in [0, 0.1) is 11.3 Å². The lowest BCUT2D eigenvalue weighted by molar-refractivity contribution is 0.0165. The van der Waals surface area contributed by atoms with Crippen LogP contribution < -0.4 is 4.74 Å². The van der Waals surface area contributed by atoms with Crippen LogP contribution in [0.2, 0.25) is 0 Å². The van der Waals surface area contributed by atoms with E-state index in [2.05, 4.69) is 6.07 Å². The number of nitrogens with zero attached hydrogens (tertiary/aromatic N) is 2. The van der Waals surface area contributed by atoms with Gasteiger partial charge in [0, 0.05) is 24.9 Å². The minimum absolute atomic E-state index is 0.234. The molecule has 0 aromatic heterocycles. The zero-order chi connectivity index (χ0) is 17.8. The molecule has 1 fully saturated rings. The molecule has 0 spiro atoms. The van der Waals surface area contributed by atoms with E-state index in [0.717, 1.165) is 24.2 Å². The van der Waals surface area contributed by atoms with Gasteiger partial charge in [-0.25, -0.2) is 4.79 Å². The van der Waals surface area contributed by atoms with E-state index in [1.54, 1.807) is 12.0 Å². The van der Waals surface area contributed by atoms with Crippen LogP contribution in [0.3, 0.4) is 0 Å². The molecule has 5 nitrogen and oxygen atoms in total. The molecule has 24 heavy (non-hydrogen) atoms. The molecule has 2 rings (SSSR count). The minimum atomic E-state index is -0.495. The smallest absolute Gasteiger partial charge is 0.410 e. The van der Waals surface area contributed by atoms with E-state index in [1.165, 1.54) is 0 Å². The summed E-state index contributed by atoms with van der Waals surface area (Å²) in [5.74, 6) is 0.791. The molecule has 0 unspecified atom stereocenters. The number of hydrogen-bond donors (Lipinski definition) is 0. The summed E-state index contributed by atoms with van der Waals surface area (Å²) in [5.41, 5.74) is 0.375. The Hall–Kier alpha value is -2.22. The van der Waals surface area contributed by atoms with Crippen molar-refractivity contribution in [2.24, 2.45) is 0 Å². The molecule has 1 aliphatic heterocycles. The first-order valence-corrected chi connectivity index (χ1v) is 8.29. The van der Waals surface area contributed by atoms with Crippen LogP contribution >= 0.6 is 0 Å². The van der Waals surface area contributed by atoms with Gasteiger partial charge in [-0.15, -0.1) is 0 Å². The number of carbonyl (C=O) groups is 1. The van der Waals surface area contributed by atoms with E-state index >= 15 is 0 Å². The van der Waals surface area contributed by atoms with Gasteiger partial charge in [-0.1, -0.05) is 12.1 Å². The average molecular weight is 330 g/mol. The number of piperidine rings is 1. The van der Waals surface area contributed by atoms with Gasteiger partial charge < -0.3 is 14.4 Å². The van der Waals surface area contributed by atoms with E-state index in [0.29, 0.717) is 19.5 Å². The Morgan fingerprint density at radius 3 is 2.54 bits per heavy atom. The number of likely N-dealkylation sites (tertiary alicyclic amines) is 1. The molecule has 1 heterocycles. The van der Waals surface area contributed by atoms with Crippen LogP contribution in [0.25, 0.3) is 0 Å². The zero-order valence-corrected chi connectivity index (χ0v) is 15.0. The maximum Gasteiger partial charge on any atom is 0.410 e. The number of ether oxygens (including phenoxy) is 2. The lowest BCUT2D eigenvalue weighted by Crippen LogP contribution is -2.46. The summed E-state index contributed by atoms with van der Waals surface area (Å²) >= 11 is 0. The van der Waals surface area contributed by atoms with E-state index in [1.807, 2.05) is 45.0 Å². The van der Waals surface area contributed by atoms with Gasteiger partial charge in [0.2, 0.25) is 0 Å². The van der Waals surface area contributed by atoms with Crippen molar-refractivity contribution in [1.29, 1.82) is 5.26 Å². The summed E-state index contributed by atoms with van der Waals surface area (Å²) in [6, 6.07) is 10.2. The molecule has 0 aliphatic carbocycles. The van der Waals surface area contributed by atoms with Gasteiger partial charge in [0.15, 0.2) is 0 Å². The van der Waals surface area contributed by atoms with Crippen molar-refractivity contribution < 1.29 is 14.3 Å². The van der Waals surface area contributed by atoms with Crippen molar-refractivity contribution in [2.45, 2.75) is 51.0 Å². The molecule has 1 aromatic rings. The minimum Gasteiger partial charge on any atom is -0.497 e. The fourth-order valence-corrected chi connectivity index (χ4v) is 3.12. The monoisotopic (exact) mass is 330 g/mol. The van der Waals surface area contributed by atoms with Crippen LogP contribution in [0.4, 0.5) is 4.79 Å². The molecule has 1 amide bonds. The molecule has 0 bridgehead atoms. The standard InChI is InChI=1S/C19H26N2O3/c1-18(2,3)24-17(22)21-12-9-19(8-11-20,10-13-21)15-6-5-7-16(14-15)23-4/h5-7,14H,8-10,12-13H2,1-4H3. The predicted octanol–water partition coefficient (Wildman–Crippen LogP) is 3.88. The molecule has 1 aromatic carbocycles. The average Bonchev–Trinajstić information content (AvgIpc) is 2.54. The van der Waals surface area contributed by atoms with E-state index in [9.17, 15) is 10.1 Å². The summed E-state index contributed by atoms with van der Waals surface area (Å²) < 4.78 is 10.8. The largest absolute Gasteiger partial charge is 0.497 e. The van der Waals surface area contributed by atoms with Crippen LogP contribution in [0.15, 0.2) is 24.3 Å². The third-order valence-electron chi connectivity index (χ3n) is 4.47. The highest BCUT2D eigenvalue weighted by Gasteiger charge is 2.38. The van der Waals surface area contributed by atoms with Crippen molar-refractivity contribution in [2.75, 3.05) is 20.2 Å². The summed E-state index contributed by atoms with van der Waals surface area (Å²) in [6.07, 6.45) is 1.64. The lowest BCUT2D eigenvalue weighted by Gasteiger charge is -2.41. The van der Waals surface area contributed by atoms with Crippen molar-refractivity contribution in [3.63, 3.8) is 0 Å². The number of hydrogen-bond acceptors (Lipinski definition) is 4. The Morgan fingerprint density at radius 1 is 1.33 bits per heavy atom. The molecular weight excluding hydrogens is 304 g/mol. The first-order valence-electron chi connectivity index (χ1n) is 8.29. The highest BCUT2D eigenvalue weighted by atomic mass is 16.6. The number of nitriles is 1. The molecule has 0 atom stereocenters. The predicted molar refractivity (Wildman–Crippen MR) is 91.9 cm³/mol. The Morgan fingerprint density at radius 2 is 2.00 bits per heavy atom. The summed E-state index contributed by atoms with van der Waals surface area (Å²) in [5, 5.41) is 9.31. The second kappa shape index (κ2) is 7.12. The van der Waals surface area contributed by atoms with Crippen LogP contribution in [-0.2, 0) is 10.2 Å². The Labute approximate surface area is 144 Å². The fourth-order valence-electron chi connectivity index (χ4n) is 3.12. The Balaban J connectivity index is 2.14. The van der Waals surface area contributed by atoms with E-state index in [4.69, 9.17) is 9.47 Å². The van der Waals surface area contributed by atoms with Crippen molar-refractivity contribution >= 4 is 6.09 Å². The van der Waals surface area contributed by atoms with Crippen LogP contribution in [0.5, 0.6) is 5.75 Å². The summed E-state index contributed by atoms with van der Waals surface area (Å²) in [6.45, 7) is 6.78. The van der Waals surface area contributed by atoms with Crippen molar-refractivity contribution in [3.8, 4) is 11.8 Å². The molecule has 1 aliphatic rings. The van der Waals surface area contributed by atoms with Gasteiger partial charge in [-0.2, -0.15) is 5.26 Å². The molecular formula is C19H26N2O3. The molecule has 1 saturated heterocycles.